The second-order valence-corrected chi connectivity index (χ2v) is 4.26. The molecule has 0 spiro atoms. The van der Waals surface area contributed by atoms with Gasteiger partial charge in [0.05, 0.1) is 10.9 Å². The van der Waals surface area contributed by atoms with Gasteiger partial charge in [-0.15, -0.1) is 0 Å². The summed E-state index contributed by atoms with van der Waals surface area (Å²) < 4.78 is 0. The van der Waals surface area contributed by atoms with Gasteiger partial charge in [0.2, 0.25) is 5.91 Å². The summed E-state index contributed by atoms with van der Waals surface area (Å²) in [5.41, 5.74) is 5.41. The second-order valence-electron chi connectivity index (χ2n) is 3.79. The van der Waals surface area contributed by atoms with Crippen LogP contribution in [0.25, 0.3) is 0 Å². The summed E-state index contributed by atoms with van der Waals surface area (Å²) in [7, 11) is 1.81. The molecule has 0 heterocycles. The van der Waals surface area contributed by atoms with E-state index < -0.39 is 0 Å². The third kappa shape index (κ3) is 2.95. The van der Waals surface area contributed by atoms with Crippen molar-refractivity contribution in [2.75, 3.05) is 13.6 Å². The lowest BCUT2D eigenvalue weighted by atomic mass is 10.1. The van der Waals surface area contributed by atoms with Crippen molar-refractivity contribution < 1.29 is 4.79 Å². The Labute approximate surface area is 84.3 Å². The Bertz CT molecular complexity index is 226. The van der Waals surface area contributed by atoms with Gasteiger partial charge in [0, 0.05) is 13.6 Å². The van der Waals surface area contributed by atoms with E-state index in [0.29, 0.717) is 5.92 Å². The lowest BCUT2D eigenvalue weighted by molar-refractivity contribution is -0.131. The molecule has 0 bridgehead atoms. The maximum Gasteiger partial charge on any atom is 0.231 e. The minimum Gasteiger partial charge on any atom is -0.393 e. The topological polar surface area (TPSA) is 46.3 Å². The third-order valence-electron chi connectivity index (χ3n) is 2.40. The molecule has 74 valence electrons. The van der Waals surface area contributed by atoms with E-state index in [0.717, 1.165) is 6.54 Å². The fourth-order valence-corrected chi connectivity index (χ4v) is 1.33. The van der Waals surface area contributed by atoms with Crippen molar-refractivity contribution in [3.05, 3.63) is 0 Å². The molecular weight excluding hydrogens is 184 g/mol. The van der Waals surface area contributed by atoms with Crippen molar-refractivity contribution in [3.63, 3.8) is 0 Å². The van der Waals surface area contributed by atoms with E-state index in [1.54, 1.807) is 11.8 Å². The van der Waals surface area contributed by atoms with E-state index in [1.807, 2.05) is 7.05 Å². The summed E-state index contributed by atoms with van der Waals surface area (Å²) in [6, 6.07) is 0. The van der Waals surface area contributed by atoms with Crippen molar-refractivity contribution in [3.8, 4) is 0 Å². The first kappa shape index (κ1) is 10.4. The zero-order chi connectivity index (χ0) is 10.0. The maximum absolute atomic E-state index is 11.6. The summed E-state index contributed by atoms with van der Waals surface area (Å²) in [5, 5.41) is 0. The first-order chi connectivity index (χ1) is 6.02. The van der Waals surface area contributed by atoms with Gasteiger partial charge in [0.15, 0.2) is 0 Å². The first-order valence-electron chi connectivity index (χ1n) is 4.56. The number of amides is 1. The van der Waals surface area contributed by atoms with Crippen LogP contribution in [0.3, 0.4) is 0 Å². The smallest absolute Gasteiger partial charge is 0.231 e. The van der Waals surface area contributed by atoms with Crippen molar-refractivity contribution in [2.24, 2.45) is 17.6 Å². The first-order valence-corrected chi connectivity index (χ1v) is 4.97. The number of rotatable bonds is 4. The Morgan fingerprint density at radius 3 is 2.62 bits per heavy atom. The molecule has 0 radical (unpaired) electrons. The number of hydrogen-bond acceptors (Lipinski definition) is 2. The minimum atomic E-state index is -0.321. The van der Waals surface area contributed by atoms with E-state index >= 15 is 0 Å². The molecule has 13 heavy (non-hydrogen) atoms. The van der Waals surface area contributed by atoms with Crippen LogP contribution >= 0.6 is 12.2 Å². The largest absolute Gasteiger partial charge is 0.393 e. The molecule has 0 saturated heterocycles. The van der Waals surface area contributed by atoms with Gasteiger partial charge in [-0.25, -0.2) is 0 Å². The summed E-state index contributed by atoms with van der Waals surface area (Å²) in [6.07, 6.45) is 2.50. The molecule has 0 aromatic rings. The minimum absolute atomic E-state index is 0.0411. The molecular formula is C9H16N2OS. The monoisotopic (exact) mass is 200 g/mol. The standard InChI is InChI=1S/C9H16N2OS/c1-6(8(10)13)9(12)11(2)5-7-3-4-7/h6-7H,3-5H2,1-2H3,(H2,10,13). The summed E-state index contributed by atoms with van der Waals surface area (Å²) in [5.74, 6) is 0.436. The van der Waals surface area contributed by atoms with Crippen LogP contribution < -0.4 is 5.73 Å². The lowest BCUT2D eigenvalue weighted by Gasteiger charge is -2.20. The number of nitrogens with zero attached hydrogens (tertiary/aromatic N) is 1. The van der Waals surface area contributed by atoms with Crippen LogP contribution in [-0.2, 0) is 4.79 Å². The number of nitrogens with two attached hydrogens (primary N) is 1. The average Bonchev–Trinajstić information content (AvgIpc) is 2.85. The van der Waals surface area contributed by atoms with Crippen LogP contribution in [0.2, 0.25) is 0 Å². The molecule has 1 unspecified atom stereocenters. The highest BCUT2D eigenvalue weighted by Crippen LogP contribution is 2.29. The van der Waals surface area contributed by atoms with Gasteiger partial charge in [-0.3, -0.25) is 4.79 Å². The lowest BCUT2D eigenvalue weighted by Crippen LogP contribution is -2.38. The molecule has 0 aromatic carbocycles. The number of thiocarbonyl (C=S) groups is 1. The van der Waals surface area contributed by atoms with Gasteiger partial charge in [-0.1, -0.05) is 12.2 Å². The Morgan fingerprint density at radius 1 is 1.69 bits per heavy atom. The molecule has 1 atom stereocenters. The van der Waals surface area contributed by atoms with Crippen molar-refractivity contribution in [2.45, 2.75) is 19.8 Å². The van der Waals surface area contributed by atoms with Gasteiger partial charge in [-0.2, -0.15) is 0 Å². The Hall–Kier alpha value is -0.640. The summed E-state index contributed by atoms with van der Waals surface area (Å²) in [4.78, 5) is 13.6. The van der Waals surface area contributed by atoms with Gasteiger partial charge in [0.1, 0.15) is 0 Å². The Morgan fingerprint density at radius 2 is 2.23 bits per heavy atom. The molecule has 1 aliphatic rings. The van der Waals surface area contributed by atoms with Crippen molar-refractivity contribution in [1.82, 2.24) is 4.90 Å². The fraction of sp³-hybridized carbons (Fsp3) is 0.778. The molecule has 2 N–H and O–H groups in total. The number of carbonyl (C=O) groups is 1. The van der Waals surface area contributed by atoms with Gasteiger partial charge < -0.3 is 10.6 Å². The van der Waals surface area contributed by atoms with Gasteiger partial charge >= 0.3 is 0 Å². The predicted octanol–water partition coefficient (Wildman–Crippen LogP) is 0.777. The molecule has 1 amide bonds. The van der Waals surface area contributed by atoms with Crippen LogP contribution in [0.15, 0.2) is 0 Å². The third-order valence-corrected chi connectivity index (χ3v) is 2.76. The molecule has 0 aliphatic heterocycles. The average molecular weight is 200 g/mol. The summed E-state index contributed by atoms with van der Waals surface area (Å²) in [6.45, 7) is 2.61. The molecule has 3 nitrogen and oxygen atoms in total. The zero-order valence-electron chi connectivity index (χ0n) is 8.12. The van der Waals surface area contributed by atoms with Gasteiger partial charge in [-0.05, 0) is 25.7 Å². The molecule has 1 rings (SSSR count). The molecule has 1 aliphatic carbocycles. The molecule has 1 fully saturated rings. The highest BCUT2D eigenvalue weighted by Gasteiger charge is 2.27. The molecule has 0 aromatic heterocycles. The number of carbonyl (C=O) groups excluding carboxylic acids is 1. The van der Waals surface area contributed by atoms with Crippen molar-refractivity contribution >= 4 is 23.1 Å². The highest BCUT2D eigenvalue weighted by atomic mass is 32.1. The van der Waals surface area contributed by atoms with Gasteiger partial charge in [0.25, 0.3) is 0 Å². The summed E-state index contributed by atoms with van der Waals surface area (Å²) >= 11 is 4.77. The van der Waals surface area contributed by atoms with E-state index in [4.69, 9.17) is 18.0 Å². The molecule has 4 heteroatoms. The maximum atomic E-state index is 11.6. The van der Waals surface area contributed by atoms with Crippen LogP contribution in [0, 0.1) is 11.8 Å². The van der Waals surface area contributed by atoms with Crippen LogP contribution in [0.5, 0.6) is 0 Å². The normalized spacial score (nSPS) is 18.0. The van der Waals surface area contributed by atoms with E-state index in [-0.39, 0.29) is 16.8 Å². The highest BCUT2D eigenvalue weighted by molar-refractivity contribution is 7.80. The van der Waals surface area contributed by atoms with Crippen LogP contribution in [-0.4, -0.2) is 29.4 Å². The number of hydrogen-bond donors (Lipinski definition) is 1. The Kier molecular flexibility index (Phi) is 3.25. The second kappa shape index (κ2) is 4.05. The van der Waals surface area contributed by atoms with E-state index in [2.05, 4.69) is 0 Å². The van der Waals surface area contributed by atoms with Crippen LogP contribution in [0.4, 0.5) is 0 Å². The molecule has 1 saturated carbocycles. The van der Waals surface area contributed by atoms with Crippen molar-refractivity contribution in [1.29, 1.82) is 0 Å². The van der Waals surface area contributed by atoms with E-state index in [9.17, 15) is 4.79 Å². The predicted molar refractivity (Wildman–Crippen MR) is 56.3 cm³/mol. The van der Waals surface area contributed by atoms with Crippen LogP contribution in [0.1, 0.15) is 19.8 Å². The fourth-order valence-electron chi connectivity index (χ4n) is 1.23. The quantitative estimate of drug-likeness (QED) is 0.682. The van der Waals surface area contributed by atoms with E-state index in [1.165, 1.54) is 12.8 Å². The SMILES string of the molecule is CC(C(=O)N(C)CC1CC1)C(N)=S. The Balaban J connectivity index is 2.39. The zero-order valence-corrected chi connectivity index (χ0v) is 8.93.